The Kier molecular flexibility index (Phi) is 5.48. The Morgan fingerprint density at radius 2 is 2.08 bits per heavy atom. The summed E-state index contributed by atoms with van der Waals surface area (Å²) < 4.78 is 40.0. The zero-order chi connectivity index (χ0) is 17.9. The third kappa shape index (κ3) is 4.47. The van der Waals surface area contributed by atoms with Crippen molar-refractivity contribution in [1.82, 2.24) is 15.1 Å². The fraction of sp³-hybridized carbons (Fsp3) is 0.375. The normalized spacial score (nSPS) is 12.8. The van der Waals surface area contributed by atoms with Gasteiger partial charge in [-0.05, 0) is 51.2 Å². The third-order valence-electron chi connectivity index (χ3n) is 3.57. The summed E-state index contributed by atoms with van der Waals surface area (Å²) in [6.07, 6.45) is -2.45. The molecule has 8 heteroatoms. The molecule has 1 aromatic heterocycles. The maximum Gasteiger partial charge on any atom is 0.416 e. The number of hydrogen-bond acceptors (Lipinski definition) is 2. The van der Waals surface area contributed by atoms with E-state index < -0.39 is 11.7 Å². The van der Waals surface area contributed by atoms with Gasteiger partial charge in [0, 0.05) is 24.0 Å². The SMILES string of the molecule is CCn1cc(C(C)NC(=S)Nc2cccc(C(F)(F)F)c2)c(C)n1. The number of benzene rings is 1. The number of nitrogens with zero attached hydrogens (tertiary/aromatic N) is 2. The van der Waals surface area contributed by atoms with Crippen molar-refractivity contribution in [2.75, 3.05) is 5.32 Å². The Bertz CT molecular complexity index is 724. The van der Waals surface area contributed by atoms with Gasteiger partial charge in [0.1, 0.15) is 0 Å². The molecule has 2 rings (SSSR count). The van der Waals surface area contributed by atoms with Crippen molar-refractivity contribution in [3.8, 4) is 0 Å². The lowest BCUT2D eigenvalue weighted by Gasteiger charge is -2.17. The van der Waals surface area contributed by atoms with Crippen LogP contribution in [0.1, 0.15) is 36.7 Å². The third-order valence-corrected chi connectivity index (χ3v) is 3.79. The molecule has 0 saturated carbocycles. The van der Waals surface area contributed by atoms with Crippen molar-refractivity contribution in [3.63, 3.8) is 0 Å². The molecule has 0 aliphatic carbocycles. The standard InChI is InChI=1S/C16H19F3N4S/c1-4-23-9-14(11(3)22-23)10(2)20-15(24)21-13-7-5-6-12(8-13)16(17,18)19/h5-10H,4H2,1-3H3,(H2,20,21,24). The second kappa shape index (κ2) is 7.21. The van der Waals surface area contributed by atoms with Crippen LogP contribution in [0.25, 0.3) is 0 Å². The molecule has 1 unspecified atom stereocenters. The van der Waals surface area contributed by atoms with Crippen molar-refractivity contribution < 1.29 is 13.2 Å². The van der Waals surface area contributed by atoms with Crippen LogP contribution in [0, 0.1) is 6.92 Å². The predicted octanol–water partition coefficient (Wildman–Crippen LogP) is 4.28. The maximum atomic E-state index is 12.7. The summed E-state index contributed by atoms with van der Waals surface area (Å²) in [7, 11) is 0. The molecule has 24 heavy (non-hydrogen) atoms. The van der Waals surface area contributed by atoms with Crippen LogP contribution in [-0.4, -0.2) is 14.9 Å². The fourth-order valence-electron chi connectivity index (χ4n) is 2.34. The molecule has 2 aromatic rings. The zero-order valence-corrected chi connectivity index (χ0v) is 14.4. The van der Waals surface area contributed by atoms with E-state index in [0.717, 1.165) is 29.9 Å². The fourth-order valence-corrected chi connectivity index (χ4v) is 2.63. The average Bonchev–Trinajstić information content (AvgIpc) is 2.87. The van der Waals surface area contributed by atoms with Crippen LogP contribution in [-0.2, 0) is 12.7 Å². The summed E-state index contributed by atoms with van der Waals surface area (Å²) in [5.74, 6) is 0. The highest BCUT2D eigenvalue weighted by Crippen LogP contribution is 2.30. The quantitative estimate of drug-likeness (QED) is 0.803. The van der Waals surface area contributed by atoms with E-state index in [9.17, 15) is 13.2 Å². The Labute approximate surface area is 144 Å². The molecule has 0 aliphatic rings. The van der Waals surface area contributed by atoms with Gasteiger partial charge in [-0.25, -0.2) is 0 Å². The molecule has 0 fully saturated rings. The molecule has 4 nitrogen and oxygen atoms in total. The first-order chi connectivity index (χ1) is 11.2. The lowest BCUT2D eigenvalue weighted by molar-refractivity contribution is -0.137. The van der Waals surface area contributed by atoms with Crippen LogP contribution >= 0.6 is 12.2 Å². The van der Waals surface area contributed by atoms with Crippen LogP contribution in [0.5, 0.6) is 0 Å². The number of aryl methyl sites for hydroxylation is 2. The topological polar surface area (TPSA) is 41.9 Å². The van der Waals surface area contributed by atoms with E-state index in [2.05, 4.69) is 15.7 Å². The van der Waals surface area contributed by atoms with Gasteiger partial charge in [-0.2, -0.15) is 18.3 Å². The summed E-state index contributed by atoms with van der Waals surface area (Å²) in [5, 5.41) is 10.5. The molecule has 0 saturated heterocycles. The molecule has 1 atom stereocenters. The molecule has 1 heterocycles. The Hall–Kier alpha value is -2.09. The van der Waals surface area contributed by atoms with E-state index in [1.54, 1.807) is 0 Å². The van der Waals surface area contributed by atoms with E-state index >= 15 is 0 Å². The number of aromatic nitrogens is 2. The van der Waals surface area contributed by atoms with Crippen molar-refractivity contribution >= 4 is 23.0 Å². The minimum Gasteiger partial charge on any atom is -0.356 e. The number of anilines is 1. The lowest BCUT2D eigenvalue weighted by Crippen LogP contribution is -2.31. The number of halogens is 3. The second-order valence-electron chi connectivity index (χ2n) is 5.42. The Morgan fingerprint density at radius 1 is 1.38 bits per heavy atom. The smallest absolute Gasteiger partial charge is 0.356 e. The molecule has 0 bridgehead atoms. The van der Waals surface area contributed by atoms with Crippen LogP contribution in [0.4, 0.5) is 18.9 Å². The van der Waals surface area contributed by atoms with Gasteiger partial charge in [-0.3, -0.25) is 4.68 Å². The van der Waals surface area contributed by atoms with Gasteiger partial charge in [0.2, 0.25) is 0 Å². The van der Waals surface area contributed by atoms with Gasteiger partial charge in [-0.15, -0.1) is 0 Å². The molecule has 0 radical (unpaired) electrons. The average molecular weight is 356 g/mol. The van der Waals surface area contributed by atoms with E-state index in [-0.39, 0.29) is 16.8 Å². The molecular weight excluding hydrogens is 337 g/mol. The van der Waals surface area contributed by atoms with Gasteiger partial charge >= 0.3 is 6.18 Å². The summed E-state index contributed by atoms with van der Waals surface area (Å²) >= 11 is 5.20. The van der Waals surface area contributed by atoms with Gasteiger partial charge in [-0.1, -0.05) is 6.07 Å². The predicted molar refractivity (Wildman–Crippen MR) is 91.9 cm³/mol. The number of thiocarbonyl (C=S) groups is 1. The molecule has 0 amide bonds. The first-order valence-electron chi connectivity index (χ1n) is 7.49. The summed E-state index contributed by atoms with van der Waals surface area (Å²) in [6.45, 7) is 6.59. The largest absolute Gasteiger partial charge is 0.416 e. The molecule has 0 spiro atoms. The van der Waals surface area contributed by atoms with Crippen LogP contribution < -0.4 is 10.6 Å². The van der Waals surface area contributed by atoms with Crippen molar-refractivity contribution in [1.29, 1.82) is 0 Å². The Balaban J connectivity index is 2.04. The van der Waals surface area contributed by atoms with Gasteiger partial charge in [0.25, 0.3) is 0 Å². The zero-order valence-electron chi connectivity index (χ0n) is 13.6. The molecule has 0 aliphatic heterocycles. The molecule has 1 aromatic carbocycles. The van der Waals surface area contributed by atoms with E-state index in [0.29, 0.717) is 0 Å². The number of rotatable bonds is 4. The van der Waals surface area contributed by atoms with E-state index in [1.807, 2.05) is 31.6 Å². The summed E-state index contributed by atoms with van der Waals surface area (Å²) in [4.78, 5) is 0. The highest BCUT2D eigenvalue weighted by Gasteiger charge is 2.30. The maximum absolute atomic E-state index is 12.7. The summed E-state index contributed by atoms with van der Waals surface area (Å²) in [5.41, 5.74) is 1.45. The lowest BCUT2D eigenvalue weighted by atomic mass is 10.1. The second-order valence-corrected chi connectivity index (χ2v) is 5.83. The number of alkyl halides is 3. The van der Waals surface area contributed by atoms with Crippen LogP contribution in [0.2, 0.25) is 0 Å². The van der Waals surface area contributed by atoms with Crippen molar-refractivity contribution in [2.45, 2.75) is 39.5 Å². The molecule has 2 N–H and O–H groups in total. The molecule has 130 valence electrons. The first-order valence-corrected chi connectivity index (χ1v) is 7.90. The highest BCUT2D eigenvalue weighted by molar-refractivity contribution is 7.80. The Morgan fingerprint density at radius 3 is 2.67 bits per heavy atom. The van der Waals surface area contributed by atoms with Crippen molar-refractivity contribution in [2.24, 2.45) is 0 Å². The summed E-state index contributed by atoms with van der Waals surface area (Å²) in [6, 6.07) is 4.81. The monoisotopic (exact) mass is 356 g/mol. The van der Waals surface area contributed by atoms with Crippen LogP contribution in [0.15, 0.2) is 30.5 Å². The van der Waals surface area contributed by atoms with Gasteiger partial charge in [0.05, 0.1) is 17.3 Å². The van der Waals surface area contributed by atoms with Gasteiger partial charge in [0.15, 0.2) is 5.11 Å². The van der Waals surface area contributed by atoms with E-state index in [4.69, 9.17) is 12.2 Å². The minimum absolute atomic E-state index is 0.115. The number of nitrogens with one attached hydrogen (secondary N) is 2. The minimum atomic E-state index is -4.38. The molecular formula is C16H19F3N4S. The highest BCUT2D eigenvalue weighted by atomic mass is 32.1. The van der Waals surface area contributed by atoms with Crippen molar-refractivity contribution in [3.05, 3.63) is 47.3 Å². The first kappa shape index (κ1) is 18.3. The van der Waals surface area contributed by atoms with E-state index in [1.165, 1.54) is 12.1 Å². The number of hydrogen-bond donors (Lipinski definition) is 2. The van der Waals surface area contributed by atoms with Crippen LogP contribution in [0.3, 0.4) is 0 Å². The van der Waals surface area contributed by atoms with Gasteiger partial charge < -0.3 is 10.6 Å².